The van der Waals surface area contributed by atoms with E-state index in [-0.39, 0.29) is 5.78 Å². The fraction of sp³-hybridized carbons (Fsp3) is 0.188. The van der Waals surface area contributed by atoms with Crippen molar-refractivity contribution < 1.29 is 4.79 Å². The summed E-state index contributed by atoms with van der Waals surface area (Å²) in [6.45, 7) is 5.99. The van der Waals surface area contributed by atoms with E-state index in [1.54, 1.807) is 24.3 Å². The molecule has 2 rings (SSSR count). The van der Waals surface area contributed by atoms with E-state index >= 15 is 0 Å². The zero-order valence-corrected chi connectivity index (χ0v) is 10.9. The first kappa shape index (κ1) is 12.4. The normalized spacial score (nSPS) is 10.4. The topological polar surface area (TPSA) is 43.1 Å². The number of hydrogen-bond donors (Lipinski definition) is 1. The number of carbonyl (C=O) groups is 1. The number of nitrogen functional groups attached to an aromatic ring is 1. The van der Waals surface area contributed by atoms with Crippen LogP contribution in [-0.2, 0) is 0 Å². The lowest BCUT2D eigenvalue weighted by atomic mass is 9.93. The van der Waals surface area contributed by atoms with Crippen LogP contribution < -0.4 is 5.73 Å². The van der Waals surface area contributed by atoms with E-state index in [9.17, 15) is 4.79 Å². The van der Waals surface area contributed by atoms with Crippen LogP contribution in [-0.4, -0.2) is 5.78 Å². The smallest absolute Gasteiger partial charge is 0.193 e. The first-order valence-electron chi connectivity index (χ1n) is 5.97. The van der Waals surface area contributed by atoms with Crippen molar-refractivity contribution in [1.82, 2.24) is 0 Å². The second-order valence-electron chi connectivity index (χ2n) is 4.72. The maximum atomic E-state index is 12.5. The van der Waals surface area contributed by atoms with Gasteiger partial charge in [-0.3, -0.25) is 4.79 Å². The second-order valence-corrected chi connectivity index (χ2v) is 4.72. The first-order chi connectivity index (χ1) is 8.49. The Bertz CT molecular complexity index is 574. The zero-order valence-electron chi connectivity index (χ0n) is 10.9. The number of hydrogen-bond acceptors (Lipinski definition) is 2. The molecule has 0 radical (unpaired) electrons. The quantitative estimate of drug-likeness (QED) is 0.644. The van der Waals surface area contributed by atoms with Crippen LogP contribution in [0.15, 0.2) is 36.4 Å². The summed E-state index contributed by atoms with van der Waals surface area (Å²) in [6.07, 6.45) is 0. The molecule has 2 heteroatoms. The van der Waals surface area contributed by atoms with E-state index in [0.717, 1.165) is 16.7 Å². The van der Waals surface area contributed by atoms with E-state index < -0.39 is 0 Å². The second kappa shape index (κ2) is 4.65. The van der Waals surface area contributed by atoms with Gasteiger partial charge in [0.1, 0.15) is 0 Å². The molecule has 2 N–H and O–H groups in total. The van der Waals surface area contributed by atoms with Gasteiger partial charge in [0, 0.05) is 16.8 Å². The molecule has 2 nitrogen and oxygen atoms in total. The molecule has 0 fully saturated rings. The van der Waals surface area contributed by atoms with Crippen LogP contribution >= 0.6 is 0 Å². The third kappa shape index (κ3) is 2.28. The molecule has 18 heavy (non-hydrogen) atoms. The van der Waals surface area contributed by atoms with Crippen molar-refractivity contribution in [1.29, 1.82) is 0 Å². The highest BCUT2D eigenvalue weighted by Crippen LogP contribution is 2.20. The molecule has 0 saturated carbocycles. The Morgan fingerprint density at radius 2 is 1.44 bits per heavy atom. The number of benzene rings is 2. The fourth-order valence-corrected chi connectivity index (χ4v) is 2.32. The molecule has 0 amide bonds. The molecule has 2 aromatic carbocycles. The molecule has 0 heterocycles. The van der Waals surface area contributed by atoms with Crippen molar-refractivity contribution in [3.8, 4) is 0 Å². The maximum absolute atomic E-state index is 12.5. The molecular weight excluding hydrogens is 222 g/mol. The van der Waals surface area contributed by atoms with Crippen LogP contribution in [0.5, 0.6) is 0 Å². The summed E-state index contributed by atoms with van der Waals surface area (Å²) < 4.78 is 0. The van der Waals surface area contributed by atoms with Crippen LogP contribution in [0.1, 0.15) is 32.6 Å². The lowest BCUT2D eigenvalue weighted by Crippen LogP contribution is -2.06. The number of anilines is 1. The van der Waals surface area contributed by atoms with Gasteiger partial charge in [0.25, 0.3) is 0 Å². The van der Waals surface area contributed by atoms with Gasteiger partial charge in [-0.15, -0.1) is 0 Å². The van der Waals surface area contributed by atoms with Gasteiger partial charge in [0.15, 0.2) is 5.78 Å². The Morgan fingerprint density at radius 1 is 0.944 bits per heavy atom. The van der Waals surface area contributed by atoms with Gasteiger partial charge >= 0.3 is 0 Å². The highest BCUT2D eigenvalue weighted by molar-refractivity contribution is 6.10. The lowest BCUT2D eigenvalue weighted by Gasteiger charge is -2.10. The molecule has 0 aromatic heterocycles. The Morgan fingerprint density at radius 3 is 1.94 bits per heavy atom. The van der Waals surface area contributed by atoms with Crippen molar-refractivity contribution in [2.75, 3.05) is 5.73 Å². The number of aryl methyl sites for hydroxylation is 3. The molecule has 0 bridgehead atoms. The predicted octanol–water partition coefficient (Wildman–Crippen LogP) is 3.43. The van der Waals surface area contributed by atoms with E-state index in [1.165, 1.54) is 5.56 Å². The van der Waals surface area contributed by atoms with Gasteiger partial charge in [-0.25, -0.2) is 0 Å². The number of carbonyl (C=O) groups excluding carboxylic acids is 1. The summed E-state index contributed by atoms with van der Waals surface area (Å²) in [5.74, 6) is 0.0602. The predicted molar refractivity (Wildman–Crippen MR) is 74.9 cm³/mol. The van der Waals surface area contributed by atoms with Crippen LogP contribution in [0.2, 0.25) is 0 Å². The van der Waals surface area contributed by atoms with E-state index in [0.29, 0.717) is 11.3 Å². The summed E-state index contributed by atoms with van der Waals surface area (Å²) in [4.78, 5) is 12.5. The number of nitrogens with two attached hydrogens (primary N) is 1. The summed E-state index contributed by atoms with van der Waals surface area (Å²) in [5, 5.41) is 0. The van der Waals surface area contributed by atoms with Crippen LogP contribution in [0.25, 0.3) is 0 Å². The minimum Gasteiger partial charge on any atom is -0.399 e. The molecule has 0 aliphatic heterocycles. The summed E-state index contributed by atoms with van der Waals surface area (Å²) in [7, 11) is 0. The highest BCUT2D eigenvalue weighted by Gasteiger charge is 2.14. The van der Waals surface area contributed by atoms with Crippen molar-refractivity contribution >= 4 is 11.5 Å². The maximum Gasteiger partial charge on any atom is 0.193 e. The molecular formula is C16H17NO. The summed E-state index contributed by atoms with van der Waals surface area (Å²) >= 11 is 0. The monoisotopic (exact) mass is 239 g/mol. The number of ketones is 1. The Labute approximate surface area is 107 Å². The molecule has 0 spiro atoms. The Hall–Kier alpha value is -2.09. The standard InChI is InChI=1S/C16H17NO/c1-10-8-11(2)15(12(3)9-10)16(18)13-4-6-14(17)7-5-13/h4-9H,17H2,1-3H3. The molecule has 0 saturated heterocycles. The molecule has 0 aliphatic rings. The molecule has 0 unspecified atom stereocenters. The van der Waals surface area contributed by atoms with Crippen molar-refractivity contribution in [2.45, 2.75) is 20.8 Å². The van der Waals surface area contributed by atoms with Gasteiger partial charge in [0.2, 0.25) is 0 Å². The average molecular weight is 239 g/mol. The van der Waals surface area contributed by atoms with Crippen LogP contribution in [0.3, 0.4) is 0 Å². The van der Waals surface area contributed by atoms with Crippen LogP contribution in [0, 0.1) is 20.8 Å². The Kier molecular flexibility index (Phi) is 3.19. The first-order valence-corrected chi connectivity index (χ1v) is 5.97. The van der Waals surface area contributed by atoms with Crippen molar-refractivity contribution in [2.24, 2.45) is 0 Å². The fourth-order valence-electron chi connectivity index (χ4n) is 2.32. The third-order valence-electron chi connectivity index (χ3n) is 3.08. The molecule has 92 valence electrons. The van der Waals surface area contributed by atoms with Gasteiger partial charge < -0.3 is 5.73 Å². The van der Waals surface area contributed by atoms with Crippen molar-refractivity contribution in [3.63, 3.8) is 0 Å². The molecule has 0 aliphatic carbocycles. The van der Waals surface area contributed by atoms with E-state index in [4.69, 9.17) is 5.73 Å². The molecule has 0 atom stereocenters. The minimum atomic E-state index is 0.0602. The van der Waals surface area contributed by atoms with Gasteiger partial charge in [-0.2, -0.15) is 0 Å². The van der Waals surface area contributed by atoms with Gasteiger partial charge in [0.05, 0.1) is 0 Å². The minimum absolute atomic E-state index is 0.0602. The average Bonchev–Trinajstić information content (AvgIpc) is 2.28. The zero-order chi connectivity index (χ0) is 13.3. The Balaban J connectivity index is 2.49. The largest absolute Gasteiger partial charge is 0.399 e. The van der Waals surface area contributed by atoms with Crippen molar-refractivity contribution in [3.05, 3.63) is 64.2 Å². The SMILES string of the molecule is Cc1cc(C)c(C(=O)c2ccc(N)cc2)c(C)c1. The summed E-state index contributed by atoms with van der Waals surface area (Å²) in [6, 6.07) is 11.1. The third-order valence-corrected chi connectivity index (χ3v) is 3.08. The van der Waals surface area contributed by atoms with Gasteiger partial charge in [-0.1, -0.05) is 17.7 Å². The van der Waals surface area contributed by atoms with E-state index in [1.807, 2.05) is 32.9 Å². The number of rotatable bonds is 2. The highest BCUT2D eigenvalue weighted by atomic mass is 16.1. The summed E-state index contributed by atoms with van der Waals surface area (Å²) in [5.41, 5.74) is 11.0. The van der Waals surface area contributed by atoms with Gasteiger partial charge in [-0.05, 0) is 56.2 Å². The molecule has 2 aromatic rings. The lowest BCUT2D eigenvalue weighted by molar-refractivity contribution is 0.103. The van der Waals surface area contributed by atoms with E-state index in [2.05, 4.69) is 0 Å². The van der Waals surface area contributed by atoms with Crippen LogP contribution in [0.4, 0.5) is 5.69 Å².